The van der Waals surface area contributed by atoms with Crippen molar-refractivity contribution in [2.45, 2.75) is 0 Å². The fourth-order valence-corrected chi connectivity index (χ4v) is 2.02. The van der Waals surface area contributed by atoms with E-state index in [1.165, 1.54) is 11.3 Å². The molecule has 0 unspecified atom stereocenters. The van der Waals surface area contributed by atoms with E-state index in [9.17, 15) is 4.79 Å². The molecule has 2 aromatic heterocycles. The molecule has 98 valence electrons. The Morgan fingerprint density at radius 2 is 2.17 bits per heavy atom. The molecule has 0 aliphatic heterocycles. The van der Waals surface area contributed by atoms with Gasteiger partial charge in [0.2, 0.25) is 0 Å². The highest BCUT2D eigenvalue weighted by Gasteiger charge is 2.07. The highest BCUT2D eigenvalue weighted by atomic mass is 32.1. The molecule has 2 aromatic rings. The summed E-state index contributed by atoms with van der Waals surface area (Å²) in [5.74, 6) is 0. The van der Waals surface area contributed by atoms with Crippen molar-refractivity contribution in [1.29, 1.82) is 0 Å². The van der Waals surface area contributed by atoms with E-state index in [1.54, 1.807) is 18.6 Å². The maximum atomic E-state index is 11.5. The molecular weight excluding hydrogens is 258 g/mol. The second-order valence-electron chi connectivity index (χ2n) is 3.36. The lowest BCUT2D eigenvalue weighted by Gasteiger charge is -2.04. The number of thiophene rings is 1. The van der Waals surface area contributed by atoms with Crippen molar-refractivity contribution in [3.8, 4) is 6.08 Å². The van der Waals surface area contributed by atoms with E-state index in [0.717, 1.165) is 0 Å². The number of aromatic nitrogens is 1. The number of rotatable bonds is 7. The Balaban J connectivity index is 1.86. The third kappa shape index (κ3) is 3.28. The summed E-state index contributed by atoms with van der Waals surface area (Å²) < 4.78 is 20.2. The molecule has 0 atom stereocenters. The lowest BCUT2D eigenvalue weighted by Crippen LogP contribution is -2.11. The molecule has 0 aliphatic rings. The van der Waals surface area contributed by atoms with E-state index in [4.69, 9.17) is 18.6 Å². The first kappa shape index (κ1) is 13.0. The molecule has 0 bridgehead atoms. The third-order valence-electron chi connectivity index (χ3n) is 2.12. The van der Waals surface area contributed by atoms with Gasteiger partial charge in [0.25, 0.3) is 0 Å². The predicted molar refractivity (Wildman–Crippen MR) is 66.3 cm³/mol. The van der Waals surface area contributed by atoms with E-state index in [2.05, 4.69) is 4.98 Å². The van der Waals surface area contributed by atoms with Gasteiger partial charge >= 0.3 is 11.7 Å². The standard InChI is InChI=1S/C11H13NO5S/c1-14-3-4-15-5-6-16-11-12-9-8(2-7-18-9)10(13)17-11/h2,7H,3-6H2,1H3. The molecule has 0 aliphatic carbocycles. The van der Waals surface area contributed by atoms with Crippen LogP contribution in [-0.4, -0.2) is 38.5 Å². The number of nitrogens with zero attached hydrogens (tertiary/aromatic N) is 1. The lowest BCUT2D eigenvalue weighted by molar-refractivity contribution is 0.0481. The molecule has 0 amide bonds. The summed E-state index contributed by atoms with van der Waals surface area (Å²) in [7, 11) is 1.61. The zero-order valence-electron chi connectivity index (χ0n) is 9.88. The summed E-state index contributed by atoms with van der Waals surface area (Å²) in [6.45, 7) is 1.70. The van der Waals surface area contributed by atoms with Crippen LogP contribution in [0.2, 0.25) is 0 Å². The summed E-state index contributed by atoms with van der Waals surface area (Å²) in [5, 5.41) is 2.26. The summed E-state index contributed by atoms with van der Waals surface area (Å²) in [6.07, 6.45) is -0.0229. The molecule has 18 heavy (non-hydrogen) atoms. The zero-order valence-corrected chi connectivity index (χ0v) is 10.7. The zero-order chi connectivity index (χ0) is 12.8. The van der Waals surface area contributed by atoms with Crippen LogP contribution in [0.15, 0.2) is 20.7 Å². The van der Waals surface area contributed by atoms with Crippen molar-refractivity contribution in [1.82, 2.24) is 4.98 Å². The molecule has 0 spiro atoms. The average Bonchev–Trinajstić information content (AvgIpc) is 2.82. The van der Waals surface area contributed by atoms with Gasteiger partial charge in [0.1, 0.15) is 11.4 Å². The van der Waals surface area contributed by atoms with Gasteiger partial charge < -0.3 is 18.6 Å². The number of methoxy groups -OCH3 is 1. The monoisotopic (exact) mass is 271 g/mol. The fourth-order valence-electron chi connectivity index (χ4n) is 1.28. The Hall–Kier alpha value is -1.44. The van der Waals surface area contributed by atoms with Crippen LogP contribution in [0.3, 0.4) is 0 Å². The average molecular weight is 271 g/mol. The van der Waals surface area contributed by atoms with Crippen LogP contribution < -0.4 is 10.4 Å². The van der Waals surface area contributed by atoms with Crippen LogP contribution in [0.25, 0.3) is 10.2 Å². The van der Waals surface area contributed by atoms with Gasteiger partial charge in [-0.2, -0.15) is 4.98 Å². The summed E-state index contributed by atoms with van der Waals surface area (Å²) >= 11 is 1.37. The first-order valence-corrected chi connectivity index (χ1v) is 6.27. The molecule has 0 aromatic carbocycles. The molecule has 0 saturated carbocycles. The van der Waals surface area contributed by atoms with Crippen molar-refractivity contribution in [3.05, 3.63) is 21.9 Å². The van der Waals surface area contributed by atoms with Crippen molar-refractivity contribution < 1.29 is 18.6 Å². The molecule has 2 rings (SSSR count). The normalized spacial score (nSPS) is 10.9. The smallest absolute Gasteiger partial charge is 0.397 e. The van der Waals surface area contributed by atoms with Crippen LogP contribution in [0.1, 0.15) is 0 Å². The van der Waals surface area contributed by atoms with E-state index >= 15 is 0 Å². The topological polar surface area (TPSA) is 70.8 Å². The fraction of sp³-hybridized carbons (Fsp3) is 0.455. The first-order chi connectivity index (χ1) is 8.81. The van der Waals surface area contributed by atoms with Gasteiger partial charge in [0.15, 0.2) is 0 Å². The van der Waals surface area contributed by atoms with Crippen molar-refractivity contribution in [3.63, 3.8) is 0 Å². The SMILES string of the molecule is COCCOCCOc1nc2sccc2c(=O)o1. The lowest BCUT2D eigenvalue weighted by atomic mass is 10.4. The van der Waals surface area contributed by atoms with Gasteiger partial charge in [-0.05, 0) is 11.4 Å². The second kappa shape index (κ2) is 6.48. The quantitative estimate of drug-likeness (QED) is 0.707. The molecule has 0 N–H and O–H groups in total. The Morgan fingerprint density at radius 1 is 1.33 bits per heavy atom. The van der Waals surface area contributed by atoms with Crippen LogP contribution in [0.5, 0.6) is 6.08 Å². The van der Waals surface area contributed by atoms with E-state index in [-0.39, 0.29) is 12.7 Å². The van der Waals surface area contributed by atoms with E-state index in [1.807, 2.05) is 0 Å². The van der Waals surface area contributed by atoms with Gasteiger partial charge in [0, 0.05) is 7.11 Å². The van der Waals surface area contributed by atoms with Crippen molar-refractivity contribution in [2.24, 2.45) is 0 Å². The number of hydrogen-bond donors (Lipinski definition) is 0. The highest BCUT2D eigenvalue weighted by Crippen LogP contribution is 2.17. The number of hydrogen-bond acceptors (Lipinski definition) is 7. The van der Waals surface area contributed by atoms with Gasteiger partial charge in [-0.25, -0.2) is 4.79 Å². The third-order valence-corrected chi connectivity index (χ3v) is 2.93. The summed E-state index contributed by atoms with van der Waals surface area (Å²) in [5.41, 5.74) is -0.434. The maximum Gasteiger partial charge on any atom is 0.397 e. The van der Waals surface area contributed by atoms with Gasteiger partial charge in [-0.15, -0.1) is 11.3 Å². The molecular formula is C11H13NO5S. The highest BCUT2D eigenvalue weighted by molar-refractivity contribution is 7.16. The Morgan fingerprint density at radius 3 is 3.00 bits per heavy atom. The molecule has 0 saturated heterocycles. The first-order valence-electron chi connectivity index (χ1n) is 5.39. The Kier molecular flexibility index (Phi) is 4.68. The Bertz CT molecular complexity index is 550. The molecule has 0 radical (unpaired) electrons. The molecule has 2 heterocycles. The van der Waals surface area contributed by atoms with Gasteiger partial charge in [-0.1, -0.05) is 0 Å². The van der Waals surface area contributed by atoms with Crippen LogP contribution in [-0.2, 0) is 9.47 Å². The minimum Gasteiger partial charge on any atom is -0.448 e. The summed E-state index contributed by atoms with van der Waals surface area (Å²) in [6, 6.07) is 1.68. The van der Waals surface area contributed by atoms with Crippen LogP contribution in [0.4, 0.5) is 0 Å². The maximum absolute atomic E-state index is 11.5. The van der Waals surface area contributed by atoms with Crippen molar-refractivity contribution in [2.75, 3.05) is 33.5 Å². The predicted octanol–water partition coefficient (Wildman–Crippen LogP) is 1.29. The molecule has 0 fully saturated rings. The van der Waals surface area contributed by atoms with Gasteiger partial charge in [0.05, 0.1) is 25.2 Å². The van der Waals surface area contributed by atoms with E-state index in [0.29, 0.717) is 30.0 Å². The van der Waals surface area contributed by atoms with Gasteiger partial charge in [-0.3, -0.25) is 0 Å². The minimum atomic E-state index is -0.434. The van der Waals surface area contributed by atoms with E-state index < -0.39 is 5.63 Å². The van der Waals surface area contributed by atoms with Crippen molar-refractivity contribution >= 4 is 21.6 Å². The summed E-state index contributed by atoms with van der Waals surface area (Å²) in [4.78, 5) is 16.2. The molecule has 6 nitrogen and oxygen atoms in total. The minimum absolute atomic E-state index is 0.0229. The number of ether oxygens (including phenoxy) is 3. The second-order valence-corrected chi connectivity index (χ2v) is 4.25. The Labute approximate surface area is 107 Å². The number of fused-ring (bicyclic) bond motifs is 1. The molecule has 7 heteroatoms. The van der Waals surface area contributed by atoms with Crippen LogP contribution in [0, 0.1) is 0 Å². The largest absolute Gasteiger partial charge is 0.448 e. The van der Waals surface area contributed by atoms with Crippen LogP contribution >= 0.6 is 11.3 Å².